The van der Waals surface area contributed by atoms with Crippen molar-refractivity contribution in [3.63, 3.8) is 0 Å². The van der Waals surface area contributed by atoms with Crippen LogP contribution in [-0.4, -0.2) is 11.9 Å². The third-order valence-corrected chi connectivity index (χ3v) is 5.78. The van der Waals surface area contributed by atoms with Crippen LogP contribution in [0.3, 0.4) is 0 Å². The fourth-order valence-electron chi connectivity index (χ4n) is 4.48. The van der Waals surface area contributed by atoms with E-state index < -0.39 is 0 Å². The number of carbonyl (C=O) groups excluding carboxylic acids is 1. The highest BCUT2D eigenvalue weighted by atomic mass is 16.1. The number of nitrogens with one attached hydrogen (secondary N) is 1. The number of hydrogen-bond donors (Lipinski definition) is 2. The van der Waals surface area contributed by atoms with Gasteiger partial charge in [0, 0.05) is 17.6 Å². The maximum Gasteiger partial charge on any atom is 0.227 e. The van der Waals surface area contributed by atoms with Gasteiger partial charge in [-0.05, 0) is 54.6 Å². The molecule has 2 unspecified atom stereocenters. The van der Waals surface area contributed by atoms with E-state index in [1.165, 1.54) is 24.8 Å². The lowest BCUT2D eigenvalue weighted by Crippen LogP contribution is -2.48. The first kappa shape index (κ1) is 16.5. The Morgan fingerprint density at radius 1 is 1.13 bits per heavy atom. The predicted octanol–water partition coefficient (Wildman–Crippen LogP) is 4.08. The zero-order chi connectivity index (χ0) is 16.6. The minimum atomic E-state index is 0.0231. The molecule has 126 valence electrons. The molecule has 2 saturated carbocycles. The first-order valence-electron chi connectivity index (χ1n) is 9.02. The summed E-state index contributed by atoms with van der Waals surface area (Å²) < 4.78 is 0. The molecule has 2 aliphatic carbocycles. The highest BCUT2D eigenvalue weighted by Crippen LogP contribution is 2.42. The van der Waals surface area contributed by atoms with Gasteiger partial charge in [-0.2, -0.15) is 0 Å². The van der Waals surface area contributed by atoms with Crippen molar-refractivity contribution in [3.8, 4) is 0 Å². The molecule has 1 aromatic rings. The number of carbonyl (C=O) groups is 1. The highest BCUT2D eigenvalue weighted by Gasteiger charge is 2.40. The van der Waals surface area contributed by atoms with Crippen LogP contribution in [0.1, 0.15) is 58.4 Å². The van der Waals surface area contributed by atoms with Crippen LogP contribution in [0.4, 0.5) is 5.69 Å². The second-order valence-corrected chi connectivity index (χ2v) is 8.48. The summed E-state index contributed by atoms with van der Waals surface area (Å²) in [5, 5.41) is 3.21. The molecule has 2 fully saturated rings. The number of fused-ring (bicyclic) bond motifs is 2. The second-order valence-electron chi connectivity index (χ2n) is 8.48. The van der Waals surface area contributed by atoms with E-state index in [1.54, 1.807) is 0 Å². The number of hydrogen-bond acceptors (Lipinski definition) is 2. The van der Waals surface area contributed by atoms with Gasteiger partial charge < -0.3 is 11.1 Å². The van der Waals surface area contributed by atoms with E-state index in [-0.39, 0.29) is 17.2 Å². The molecule has 3 heteroatoms. The molecule has 0 aliphatic heterocycles. The van der Waals surface area contributed by atoms with Crippen molar-refractivity contribution in [1.82, 2.24) is 0 Å². The summed E-state index contributed by atoms with van der Waals surface area (Å²) in [4.78, 5) is 12.8. The Morgan fingerprint density at radius 3 is 2.35 bits per heavy atom. The van der Waals surface area contributed by atoms with Gasteiger partial charge in [0.15, 0.2) is 0 Å². The minimum absolute atomic E-state index is 0.0231. The minimum Gasteiger partial charge on any atom is -0.327 e. The average molecular weight is 314 g/mol. The number of anilines is 1. The van der Waals surface area contributed by atoms with Gasteiger partial charge in [-0.25, -0.2) is 0 Å². The third kappa shape index (κ3) is 3.45. The van der Waals surface area contributed by atoms with Crippen LogP contribution in [-0.2, 0) is 10.2 Å². The lowest BCUT2D eigenvalue weighted by atomic mass is 9.65. The molecule has 0 radical (unpaired) electrons. The zero-order valence-corrected chi connectivity index (χ0v) is 14.6. The molecule has 0 heterocycles. The summed E-state index contributed by atoms with van der Waals surface area (Å²) in [6.45, 7) is 6.55. The third-order valence-electron chi connectivity index (χ3n) is 5.78. The van der Waals surface area contributed by atoms with E-state index in [4.69, 9.17) is 5.73 Å². The number of rotatable bonds is 2. The molecule has 3 nitrogen and oxygen atoms in total. The van der Waals surface area contributed by atoms with Gasteiger partial charge in [-0.1, -0.05) is 45.4 Å². The SMILES string of the molecule is CC(C)(C)c1ccccc1NC(=O)C1CC2CCCC(C1)C2N. The molecule has 1 aromatic carbocycles. The van der Waals surface area contributed by atoms with Gasteiger partial charge in [0.05, 0.1) is 0 Å². The molecule has 2 bridgehead atoms. The highest BCUT2D eigenvalue weighted by molar-refractivity contribution is 5.93. The lowest BCUT2D eigenvalue weighted by Gasteiger charge is -2.43. The number of amides is 1. The van der Waals surface area contributed by atoms with Gasteiger partial charge in [-0.15, -0.1) is 0 Å². The molecule has 3 N–H and O–H groups in total. The molecule has 2 aliphatic rings. The molecular weight excluding hydrogens is 284 g/mol. The molecular formula is C20H30N2O. The van der Waals surface area contributed by atoms with Crippen LogP contribution in [0, 0.1) is 17.8 Å². The summed E-state index contributed by atoms with van der Waals surface area (Å²) in [6.07, 6.45) is 5.59. The van der Waals surface area contributed by atoms with E-state index in [9.17, 15) is 4.79 Å². The average Bonchev–Trinajstić information content (AvgIpc) is 2.46. The molecule has 3 rings (SSSR count). The van der Waals surface area contributed by atoms with Crippen LogP contribution in [0.15, 0.2) is 24.3 Å². The van der Waals surface area contributed by atoms with Crippen LogP contribution in [0.5, 0.6) is 0 Å². The Hall–Kier alpha value is -1.35. The Labute approximate surface area is 140 Å². The summed E-state index contributed by atoms with van der Waals surface area (Å²) >= 11 is 0. The van der Waals surface area contributed by atoms with Crippen molar-refractivity contribution in [2.45, 2.75) is 64.3 Å². The first-order chi connectivity index (χ1) is 10.9. The molecule has 2 atom stereocenters. The van der Waals surface area contributed by atoms with Crippen LogP contribution in [0.25, 0.3) is 0 Å². The normalized spacial score (nSPS) is 30.8. The van der Waals surface area contributed by atoms with Crippen molar-refractivity contribution in [1.29, 1.82) is 0 Å². The fourth-order valence-corrected chi connectivity index (χ4v) is 4.48. The molecule has 0 aromatic heterocycles. The summed E-state index contributed by atoms with van der Waals surface area (Å²) in [6, 6.07) is 8.49. The maximum absolute atomic E-state index is 12.8. The Kier molecular flexibility index (Phi) is 4.50. The maximum atomic E-state index is 12.8. The lowest BCUT2D eigenvalue weighted by molar-refractivity contribution is -0.122. The molecule has 0 saturated heterocycles. The zero-order valence-electron chi connectivity index (χ0n) is 14.6. The number of benzene rings is 1. The van der Waals surface area contributed by atoms with Gasteiger partial charge in [0.1, 0.15) is 0 Å². The van der Waals surface area contributed by atoms with Crippen molar-refractivity contribution < 1.29 is 4.79 Å². The van der Waals surface area contributed by atoms with Crippen LogP contribution in [0.2, 0.25) is 0 Å². The van der Waals surface area contributed by atoms with Crippen LogP contribution >= 0.6 is 0 Å². The quantitative estimate of drug-likeness (QED) is 0.864. The van der Waals surface area contributed by atoms with Crippen molar-refractivity contribution >= 4 is 11.6 Å². The molecule has 0 spiro atoms. The number of nitrogens with two attached hydrogens (primary N) is 1. The summed E-state index contributed by atoms with van der Waals surface area (Å²) in [7, 11) is 0. The smallest absolute Gasteiger partial charge is 0.227 e. The molecule has 23 heavy (non-hydrogen) atoms. The molecule has 1 amide bonds. The fraction of sp³-hybridized carbons (Fsp3) is 0.650. The van der Waals surface area contributed by atoms with Crippen molar-refractivity contribution in [2.24, 2.45) is 23.5 Å². The van der Waals surface area contributed by atoms with Gasteiger partial charge in [0.25, 0.3) is 0 Å². The second kappa shape index (κ2) is 6.27. The monoisotopic (exact) mass is 314 g/mol. The van der Waals surface area contributed by atoms with Gasteiger partial charge in [-0.3, -0.25) is 4.79 Å². The van der Waals surface area contributed by atoms with E-state index in [0.717, 1.165) is 18.5 Å². The standard InChI is InChI=1S/C20H30N2O/c1-20(2,3)16-9-4-5-10-17(16)22-19(23)15-11-13-7-6-8-14(12-15)18(13)21/h4-5,9-10,13-15,18H,6-8,11-12,21H2,1-3H3,(H,22,23). The summed E-state index contributed by atoms with van der Waals surface area (Å²) in [5.74, 6) is 1.39. The van der Waals surface area contributed by atoms with Crippen molar-refractivity contribution in [3.05, 3.63) is 29.8 Å². The Bertz CT molecular complexity index is 561. The Balaban J connectivity index is 1.73. The van der Waals surface area contributed by atoms with E-state index in [0.29, 0.717) is 17.9 Å². The first-order valence-corrected chi connectivity index (χ1v) is 9.02. The van der Waals surface area contributed by atoms with E-state index >= 15 is 0 Å². The predicted molar refractivity (Wildman–Crippen MR) is 95.3 cm³/mol. The van der Waals surface area contributed by atoms with E-state index in [2.05, 4.69) is 32.2 Å². The van der Waals surface area contributed by atoms with E-state index in [1.807, 2.05) is 18.2 Å². The number of para-hydroxylation sites is 1. The Morgan fingerprint density at radius 2 is 1.74 bits per heavy atom. The topological polar surface area (TPSA) is 55.1 Å². The van der Waals surface area contributed by atoms with Crippen molar-refractivity contribution in [2.75, 3.05) is 5.32 Å². The van der Waals surface area contributed by atoms with Crippen LogP contribution < -0.4 is 11.1 Å². The summed E-state index contributed by atoms with van der Waals surface area (Å²) in [5.41, 5.74) is 8.53. The largest absolute Gasteiger partial charge is 0.327 e. The van der Waals surface area contributed by atoms with Gasteiger partial charge >= 0.3 is 0 Å². The van der Waals surface area contributed by atoms with Gasteiger partial charge in [0.2, 0.25) is 5.91 Å².